The molecule has 2 atom stereocenters. The van der Waals surface area contributed by atoms with Crippen molar-refractivity contribution in [2.24, 2.45) is 17.6 Å². The van der Waals surface area contributed by atoms with Crippen molar-refractivity contribution in [2.45, 2.75) is 51.0 Å². The summed E-state index contributed by atoms with van der Waals surface area (Å²) in [6.07, 6.45) is 6.88. The molecule has 2 aliphatic rings. The number of carbonyl (C=O) groups excluding carboxylic acids is 1. The molecule has 1 aromatic rings. The highest BCUT2D eigenvalue weighted by atomic mass is 35.5. The Kier molecular flexibility index (Phi) is 7.05. The molecule has 24 heavy (non-hydrogen) atoms. The largest absolute Gasteiger partial charge is 0.343 e. The molecule has 0 unspecified atom stereocenters. The fourth-order valence-corrected chi connectivity index (χ4v) is 4.06. The zero-order valence-electron chi connectivity index (χ0n) is 14.1. The number of carbonyl (C=O) groups is 1. The predicted molar refractivity (Wildman–Crippen MR) is 96.6 cm³/mol. The van der Waals surface area contributed by atoms with Gasteiger partial charge in [-0.25, -0.2) is 4.39 Å². The quantitative estimate of drug-likeness (QED) is 0.898. The zero-order valence-corrected chi connectivity index (χ0v) is 14.9. The number of halogens is 2. The van der Waals surface area contributed by atoms with E-state index in [1.165, 1.54) is 6.07 Å². The molecule has 1 saturated heterocycles. The Bertz CT molecular complexity index is 546. The number of likely N-dealkylation sites (tertiary alicyclic amines) is 1. The van der Waals surface area contributed by atoms with Crippen LogP contribution < -0.4 is 5.73 Å². The Morgan fingerprint density at radius 1 is 1.21 bits per heavy atom. The van der Waals surface area contributed by atoms with Gasteiger partial charge in [0.05, 0.1) is 0 Å². The van der Waals surface area contributed by atoms with Gasteiger partial charge in [0.2, 0.25) is 5.91 Å². The lowest BCUT2D eigenvalue weighted by molar-refractivity contribution is -0.133. The molecular weight excluding hydrogens is 327 g/mol. The fourth-order valence-electron chi connectivity index (χ4n) is 4.06. The molecule has 1 saturated carbocycles. The molecule has 0 spiro atoms. The van der Waals surface area contributed by atoms with Crippen LogP contribution in [-0.4, -0.2) is 29.9 Å². The van der Waals surface area contributed by atoms with Crippen molar-refractivity contribution in [1.29, 1.82) is 0 Å². The van der Waals surface area contributed by atoms with Crippen molar-refractivity contribution in [3.8, 4) is 0 Å². The molecule has 1 aliphatic heterocycles. The van der Waals surface area contributed by atoms with Gasteiger partial charge in [-0.15, -0.1) is 12.4 Å². The minimum Gasteiger partial charge on any atom is -0.343 e. The Morgan fingerprint density at radius 3 is 2.58 bits per heavy atom. The minimum atomic E-state index is -0.164. The van der Waals surface area contributed by atoms with Gasteiger partial charge >= 0.3 is 0 Å². The van der Waals surface area contributed by atoms with E-state index in [2.05, 4.69) is 0 Å². The molecular formula is C19H28ClFN2O. The lowest BCUT2D eigenvalue weighted by atomic mass is 9.89. The molecule has 1 heterocycles. The maximum atomic E-state index is 13.3. The first-order chi connectivity index (χ1) is 11.1. The standard InChI is InChI=1S/C19H27FN2O.ClH/c20-17-5-1-3-15(12-17)11-14-7-9-22(10-8-14)19(23)13-16-4-2-6-18(16)21;/h1,3,5,12,14,16,18H,2,4,6-11,13,21H2;1H/t16-,18+;/m0./s1. The lowest BCUT2D eigenvalue weighted by Gasteiger charge is -2.33. The predicted octanol–water partition coefficient (Wildman–Crippen LogP) is 3.55. The van der Waals surface area contributed by atoms with Crippen molar-refractivity contribution in [3.05, 3.63) is 35.6 Å². The zero-order chi connectivity index (χ0) is 16.2. The summed E-state index contributed by atoms with van der Waals surface area (Å²) in [6, 6.07) is 7.08. The van der Waals surface area contributed by atoms with Gasteiger partial charge in [0.15, 0.2) is 0 Å². The molecule has 134 valence electrons. The van der Waals surface area contributed by atoms with Crippen LogP contribution in [0.4, 0.5) is 4.39 Å². The highest BCUT2D eigenvalue weighted by Gasteiger charge is 2.29. The van der Waals surface area contributed by atoms with Crippen molar-refractivity contribution >= 4 is 18.3 Å². The number of hydrogen-bond donors (Lipinski definition) is 1. The Labute approximate surface area is 150 Å². The highest BCUT2D eigenvalue weighted by molar-refractivity contribution is 5.85. The smallest absolute Gasteiger partial charge is 0.222 e. The third-order valence-corrected chi connectivity index (χ3v) is 5.54. The van der Waals surface area contributed by atoms with E-state index in [4.69, 9.17) is 5.73 Å². The van der Waals surface area contributed by atoms with E-state index >= 15 is 0 Å². The molecule has 1 aliphatic carbocycles. The molecule has 0 bridgehead atoms. The van der Waals surface area contributed by atoms with Gasteiger partial charge in [0, 0.05) is 25.6 Å². The number of amides is 1. The second-order valence-electron chi connectivity index (χ2n) is 7.22. The summed E-state index contributed by atoms with van der Waals surface area (Å²) in [6.45, 7) is 1.67. The number of piperidine rings is 1. The van der Waals surface area contributed by atoms with Crippen LogP contribution in [0.25, 0.3) is 0 Å². The number of nitrogens with two attached hydrogens (primary N) is 1. The summed E-state index contributed by atoms with van der Waals surface area (Å²) in [4.78, 5) is 14.4. The summed E-state index contributed by atoms with van der Waals surface area (Å²) in [5.41, 5.74) is 7.14. The third kappa shape index (κ3) is 4.93. The Balaban J connectivity index is 0.00000208. The van der Waals surface area contributed by atoms with Gasteiger partial charge in [0.25, 0.3) is 0 Å². The van der Waals surface area contributed by atoms with Crippen molar-refractivity contribution in [3.63, 3.8) is 0 Å². The van der Waals surface area contributed by atoms with Crippen molar-refractivity contribution < 1.29 is 9.18 Å². The average Bonchev–Trinajstić information content (AvgIpc) is 2.93. The van der Waals surface area contributed by atoms with Gasteiger partial charge in [0.1, 0.15) is 5.82 Å². The number of rotatable bonds is 4. The van der Waals surface area contributed by atoms with E-state index in [-0.39, 0.29) is 30.2 Å². The SMILES string of the molecule is Cl.N[C@@H]1CCC[C@H]1CC(=O)N1CCC(Cc2cccc(F)c2)CC1. The third-order valence-electron chi connectivity index (χ3n) is 5.54. The molecule has 5 heteroatoms. The van der Waals surface area contributed by atoms with Gasteiger partial charge in [-0.3, -0.25) is 4.79 Å². The van der Waals surface area contributed by atoms with Gasteiger partial charge in [-0.1, -0.05) is 18.6 Å². The number of benzene rings is 1. The molecule has 3 rings (SSSR count). The monoisotopic (exact) mass is 354 g/mol. The van der Waals surface area contributed by atoms with E-state index < -0.39 is 0 Å². The number of nitrogens with zero attached hydrogens (tertiary/aromatic N) is 1. The van der Waals surface area contributed by atoms with E-state index in [9.17, 15) is 9.18 Å². The summed E-state index contributed by atoms with van der Waals surface area (Å²) in [7, 11) is 0. The van der Waals surface area contributed by atoms with Crippen LogP contribution in [0.3, 0.4) is 0 Å². The fraction of sp³-hybridized carbons (Fsp3) is 0.632. The van der Waals surface area contributed by atoms with E-state index in [1.54, 1.807) is 12.1 Å². The van der Waals surface area contributed by atoms with E-state index in [0.717, 1.165) is 57.2 Å². The molecule has 2 fully saturated rings. The van der Waals surface area contributed by atoms with Gasteiger partial charge in [-0.2, -0.15) is 0 Å². The lowest BCUT2D eigenvalue weighted by Crippen LogP contribution is -2.40. The summed E-state index contributed by atoms with van der Waals surface area (Å²) >= 11 is 0. The summed E-state index contributed by atoms with van der Waals surface area (Å²) in [5, 5.41) is 0. The van der Waals surface area contributed by atoms with Crippen LogP contribution >= 0.6 is 12.4 Å². The van der Waals surface area contributed by atoms with Crippen LogP contribution in [0.15, 0.2) is 24.3 Å². The second kappa shape index (κ2) is 8.82. The molecule has 3 nitrogen and oxygen atoms in total. The van der Waals surface area contributed by atoms with Crippen molar-refractivity contribution in [2.75, 3.05) is 13.1 Å². The molecule has 0 radical (unpaired) electrons. The van der Waals surface area contributed by atoms with E-state index in [1.807, 2.05) is 11.0 Å². The van der Waals surface area contributed by atoms with Gasteiger partial charge < -0.3 is 10.6 Å². The topological polar surface area (TPSA) is 46.3 Å². The average molecular weight is 355 g/mol. The summed E-state index contributed by atoms with van der Waals surface area (Å²) in [5.74, 6) is 1.04. The first-order valence-corrected chi connectivity index (χ1v) is 8.89. The first kappa shape index (κ1) is 19.2. The molecule has 2 N–H and O–H groups in total. The van der Waals surface area contributed by atoms with E-state index in [0.29, 0.717) is 18.3 Å². The maximum Gasteiger partial charge on any atom is 0.222 e. The van der Waals surface area contributed by atoms with Crippen molar-refractivity contribution in [1.82, 2.24) is 4.90 Å². The van der Waals surface area contributed by atoms with Crippen LogP contribution in [0.5, 0.6) is 0 Å². The highest BCUT2D eigenvalue weighted by Crippen LogP contribution is 2.29. The summed E-state index contributed by atoms with van der Waals surface area (Å²) < 4.78 is 13.3. The number of hydrogen-bond acceptors (Lipinski definition) is 2. The molecule has 0 aromatic heterocycles. The van der Waals surface area contributed by atoms with Crippen LogP contribution in [0, 0.1) is 17.7 Å². The minimum absolute atomic E-state index is 0. The Hall–Kier alpha value is -1.13. The maximum absolute atomic E-state index is 13.3. The van der Waals surface area contributed by atoms with Crippen LogP contribution in [0.1, 0.15) is 44.1 Å². The first-order valence-electron chi connectivity index (χ1n) is 8.89. The molecule has 1 aromatic carbocycles. The normalized spacial score (nSPS) is 24.7. The van der Waals surface area contributed by atoms with Crippen LogP contribution in [0.2, 0.25) is 0 Å². The Morgan fingerprint density at radius 2 is 1.96 bits per heavy atom. The molecule has 1 amide bonds. The van der Waals surface area contributed by atoms with Crippen LogP contribution in [-0.2, 0) is 11.2 Å². The van der Waals surface area contributed by atoms with Gasteiger partial charge in [-0.05, 0) is 61.6 Å². The second-order valence-corrected chi connectivity index (χ2v) is 7.22.